The third-order valence-corrected chi connectivity index (χ3v) is 17.0. The van der Waals surface area contributed by atoms with Crippen molar-refractivity contribution < 1.29 is 57.6 Å². The Labute approximate surface area is 491 Å². The molecule has 11 atom stereocenters. The van der Waals surface area contributed by atoms with Gasteiger partial charge >= 0.3 is 5.97 Å². The molecule has 1 aromatic rings. The first kappa shape index (κ1) is 69.6. The van der Waals surface area contributed by atoms with Gasteiger partial charge in [-0.2, -0.15) is 0 Å². The summed E-state index contributed by atoms with van der Waals surface area (Å²) < 4.78 is 24.5. The number of hydrogen-bond donors (Lipinski definition) is 7. The number of ether oxygens (including phenoxy) is 4. The van der Waals surface area contributed by atoms with Crippen molar-refractivity contribution in [2.24, 2.45) is 34.5 Å². The van der Waals surface area contributed by atoms with Crippen molar-refractivity contribution in [3.05, 3.63) is 47.5 Å². The summed E-state index contributed by atoms with van der Waals surface area (Å²) in [6, 6.07) is 7.03. The van der Waals surface area contributed by atoms with Crippen LogP contribution in [-0.4, -0.2) is 134 Å². The zero-order valence-corrected chi connectivity index (χ0v) is 52.2. The molecule has 0 radical (unpaired) electrons. The lowest BCUT2D eigenvalue weighted by atomic mass is 9.64. The van der Waals surface area contributed by atoms with Gasteiger partial charge in [0.05, 0.1) is 37.8 Å². The molecule has 2 saturated heterocycles. The van der Waals surface area contributed by atoms with Gasteiger partial charge in [-0.3, -0.25) is 33.6 Å². The fourth-order valence-corrected chi connectivity index (χ4v) is 12.1. The van der Waals surface area contributed by atoms with E-state index < -0.39 is 59.2 Å². The number of allylic oxidation sites excluding steroid dienone is 1. The number of esters is 1. The summed E-state index contributed by atoms with van der Waals surface area (Å²) in [4.78, 5) is 94.7. The smallest absolute Gasteiger partial charge is 0.306 e. The molecule has 1 spiro atoms. The van der Waals surface area contributed by atoms with Crippen LogP contribution in [0.4, 0.5) is 0 Å². The highest BCUT2D eigenvalue weighted by Gasteiger charge is 2.72. The van der Waals surface area contributed by atoms with Gasteiger partial charge in [0.25, 0.3) is 0 Å². The minimum atomic E-state index is -1.11. The summed E-state index contributed by atoms with van der Waals surface area (Å²) in [6.45, 7) is 23.7. The number of hydrogen-bond acceptors (Lipinski definition) is 12. The molecular formula is C64H106N6O12. The lowest BCUT2D eigenvalue weighted by Crippen LogP contribution is -2.56. The Kier molecular flexibility index (Phi) is 28.0. The van der Waals surface area contributed by atoms with E-state index in [9.17, 15) is 38.7 Å². The van der Waals surface area contributed by atoms with Gasteiger partial charge in [0.15, 0.2) is 0 Å². The molecule has 1 aliphatic carbocycles. The summed E-state index contributed by atoms with van der Waals surface area (Å²) in [5, 5.41) is 26.6. The molecule has 2 heterocycles. The van der Waals surface area contributed by atoms with E-state index >= 15 is 0 Å². The highest BCUT2D eigenvalue weighted by molar-refractivity contribution is 5.95. The maximum absolute atomic E-state index is 14.1. The highest BCUT2D eigenvalue weighted by Crippen LogP contribution is 2.59. The monoisotopic (exact) mass is 1150 g/mol. The lowest BCUT2D eigenvalue weighted by Gasteiger charge is -2.42. The van der Waals surface area contributed by atoms with Crippen molar-refractivity contribution in [2.75, 3.05) is 39.9 Å². The molecule has 7 N–H and O–H groups in total. The topological polar surface area (TPSA) is 255 Å². The molecule has 2 aliphatic heterocycles. The van der Waals surface area contributed by atoms with Crippen LogP contribution in [0.5, 0.6) is 0 Å². The van der Waals surface area contributed by atoms with Gasteiger partial charge in [-0.05, 0) is 102 Å². The number of aliphatic hydroxyl groups excluding tert-OH is 1. The lowest BCUT2D eigenvalue weighted by molar-refractivity contribution is -0.172. The fraction of sp³-hybridized carbons (Fsp3) is 0.766. The van der Waals surface area contributed by atoms with Crippen LogP contribution in [-0.2, 0) is 58.9 Å². The first-order valence-corrected chi connectivity index (χ1v) is 30.8. The zero-order valence-electron chi connectivity index (χ0n) is 52.2. The van der Waals surface area contributed by atoms with E-state index in [0.717, 1.165) is 82.6 Å². The van der Waals surface area contributed by atoms with Crippen molar-refractivity contribution in [2.45, 2.75) is 240 Å². The van der Waals surface area contributed by atoms with Crippen LogP contribution < -0.4 is 31.9 Å². The van der Waals surface area contributed by atoms with Crippen molar-refractivity contribution in [1.29, 1.82) is 0 Å². The zero-order chi connectivity index (χ0) is 60.8. The van der Waals surface area contributed by atoms with Crippen molar-refractivity contribution >= 4 is 41.4 Å². The second-order valence-corrected chi connectivity index (χ2v) is 26.1. The van der Waals surface area contributed by atoms with Crippen molar-refractivity contribution in [1.82, 2.24) is 31.9 Å². The number of unbranched alkanes of at least 4 members (excludes halogenated alkanes) is 8. The van der Waals surface area contributed by atoms with Gasteiger partial charge in [0.2, 0.25) is 35.4 Å². The predicted molar refractivity (Wildman–Crippen MR) is 318 cm³/mol. The van der Waals surface area contributed by atoms with E-state index in [2.05, 4.69) is 58.7 Å². The Bertz CT molecular complexity index is 2250. The summed E-state index contributed by atoms with van der Waals surface area (Å²) in [5.74, 6) is -3.01. The summed E-state index contributed by atoms with van der Waals surface area (Å²) >= 11 is 0. The molecule has 3 fully saturated rings. The predicted octanol–water partition coefficient (Wildman–Crippen LogP) is 7.72. The van der Waals surface area contributed by atoms with E-state index in [0.29, 0.717) is 26.0 Å². The molecule has 82 heavy (non-hydrogen) atoms. The number of carbonyl (C=O) groups is 7. The summed E-state index contributed by atoms with van der Waals surface area (Å²) in [7, 11) is 1.70. The molecule has 18 heteroatoms. The second kappa shape index (κ2) is 33.0. The maximum atomic E-state index is 14.1. The number of nitrogens with one attached hydrogen (secondary N) is 6. The number of aliphatic hydroxyl groups is 1. The first-order chi connectivity index (χ1) is 38.7. The molecule has 0 bridgehead atoms. The molecule has 464 valence electrons. The molecule has 4 rings (SSSR count). The number of amides is 6. The van der Waals surface area contributed by atoms with Crippen LogP contribution in [0.1, 0.15) is 191 Å². The average Bonchev–Trinajstić information content (AvgIpc) is 3.69. The highest BCUT2D eigenvalue weighted by atomic mass is 16.6. The molecule has 6 unspecified atom stereocenters. The van der Waals surface area contributed by atoms with E-state index in [-0.39, 0.29) is 103 Å². The van der Waals surface area contributed by atoms with Gasteiger partial charge in [-0.25, -0.2) is 0 Å². The van der Waals surface area contributed by atoms with Crippen molar-refractivity contribution in [3.63, 3.8) is 0 Å². The minimum Gasteiger partial charge on any atom is -0.460 e. The Morgan fingerprint density at radius 1 is 0.768 bits per heavy atom. The number of rotatable bonds is 38. The van der Waals surface area contributed by atoms with Crippen molar-refractivity contribution in [3.8, 4) is 0 Å². The third-order valence-electron chi connectivity index (χ3n) is 17.0. The van der Waals surface area contributed by atoms with Gasteiger partial charge in [0.1, 0.15) is 35.5 Å². The molecular weight excluding hydrogens is 1040 g/mol. The third kappa shape index (κ3) is 21.9. The first-order valence-electron chi connectivity index (χ1n) is 30.8. The fourth-order valence-electron chi connectivity index (χ4n) is 12.1. The Balaban J connectivity index is 1.15. The molecule has 3 aliphatic rings. The van der Waals surface area contributed by atoms with Gasteiger partial charge in [0, 0.05) is 43.9 Å². The normalized spacial score (nSPS) is 23.6. The Morgan fingerprint density at radius 2 is 1.39 bits per heavy atom. The largest absolute Gasteiger partial charge is 0.460 e. The van der Waals surface area contributed by atoms with Gasteiger partial charge in [-0.1, -0.05) is 142 Å². The van der Waals surface area contributed by atoms with Crippen LogP contribution in [0.3, 0.4) is 0 Å². The molecule has 18 nitrogen and oxygen atoms in total. The van der Waals surface area contributed by atoms with E-state index in [1.807, 2.05) is 78.8 Å². The van der Waals surface area contributed by atoms with Gasteiger partial charge < -0.3 is 56.0 Å². The number of benzene rings is 1. The Morgan fingerprint density at radius 3 is 1.96 bits per heavy atom. The van der Waals surface area contributed by atoms with Crippen LogP contribution in [0.2, 0.25) is 0 Å². The minimum absolute atomic E-state index is 0.00352. The quantitative estimate of drug-likeness (QED) is 0.0145. The van der Waals surface area contributed by atoms with E-state index in [4.69, 9.17) is 18.9 Å². The van der Waals surface area contributed by atoms with Crippen LogP contribution >= 0.6 is 0 Å². The number of epoxide rings is 2. The summed E-state index contributed by atoms with van der Waals surface area (Å²) in [6.07, 6.45) is 13.7. The summed E-state index contributed by atoms with van der Waals surface area (Å²) in [5.41, 5.74) is -0.620. The number of carbonyl (C=O) groups excluding carboxylic acids is 7. The second-order valence-electron chi connectivity index (χ2n) is 26.1. The van der Waals surface area contributed by atoms with Crippen LogP contribution in [0.15, 0.2) is 42.0 Å². The average molecular weight is 1150 g/mol. The molecule has 6 amide bonds. The maximum Gasteiger partial charge on any atom is 0.306 e. The van der Waals surface area contributed by atoms with Crippen LogP contribution in [0.25, 0.3) is 0 Å². The van der Waals surface area contributed by atoms with E-state index in [1.165, 1.54) is 5.57 Å². The molecule has 1 saturated carbocycles. The Hall–Kier alpha value is -4.91. The van der Waals surface area contributed by atoms with E-state index in [1.54, 1.807) is 21.0 Å². The van der Waals surface area contributed by atoms with Crippen LogP contribution in [0, 0.1) is 34.5 Å². The van der Waals surface area contributed by atoms with Gasteiger partial charge in [-0.15, -0.1) is 0 Å². The molecule has 1 aromatic carbocycles. The SMILES string of the molecule is COC1C(OC(=O)CCCCCCCCCCCNC(=O)CNC(=O)[C@H](CC(C)C)NC(=O)[C@H](Cc2ccccc2)NC(=O)CNC(=O)C(C)(CC(C)(CC(C)C)C(=O)NCC(C)O)C(C)C)CC[C@]2(CO2)C1[C@]1(C)O[C@@H]1CC=C(C)C. The number of methoxy groups -OCH3 is 1. The standard InChI is InChI=1S/C64H106N6O12/c1-42(2)29-30-51-63(12,82-51)56-55(79-13)50(31-32-64(56)41-80-64)81-54(74)28-24-19-17-15-14-16-18-20-25-33-65-52(72)38-66-57(75)48(34-43(3)4)70-58(76)49(35-47-26-22-21-23-27-47)69-53(73)39-68-60(78)62(11,45(7)8)40-61(10,36-44(5)6)59(77)67-37-46(9)71/h21-23,26-27,29,43-46,48-51,55-56,71H,14-20,24-25,28,30-41H2,1-13H3,(H,65,72)(H,66,75)(H,67,77)(H,68,78)(H,69,73)(H,70,76)/t46?,48-,49-,50?,51+,55?,56?,61?,62?,63+,64-/m0/s1. The molecule has 0 aromatic heterocycles.